The Balaban J connectivity index is 1.63. The maximum atomic E-state index is 14.4. The fourth-order valence-corrected chi connectivity index (χ4v) is 4.35. The Kier molecular flexibility index (Phi) is 6.94. The van der Waals surface area contributed by atoms with Crippen LogP contribution >= 0.6 is 0 Å². The molecule has 4 rings (SSSR count). The highest BCUT2D eigenvalue weighted by atomic mass is 19.1. The lowest BCUT2D eigenvalue weighted by Crippen LogP contribution is -2.42. The van der Waals surface area contributed by atoms with Gasteiger partial charge in [-0.3, -0.25) is 9.69 Å². The van der Waals surface area contributed by atoms with Gasteiger partial charge in [0.25, 0.3) is 5.91 Å². The summed E-state index contributed by atoms with van der Waals surface area (Å²) in [5, 5.41) is 3.08. The molecule has 1 amide bonds. The predicted octanol–water partition coefficient (Wildman–Crippen LogP) is 4.68. The van der Waals surface area contributed by atoms with Crippen LogP contribution in [0.5, 0.6) is 11.5 Å². The Bertz CT molecular complexity index is 1130. The summed E-state index contributed by atoms with van der Waals surface area (Å²) in [6.45, 7) is 3.57. The van der Waals surface area contributed by atoms with Crippen molar-refractivity contribution in [3.63, 3.8) is 0 Å². The molecule has 0 fully saturated rings. The van der Waals surface area contributed by atoms with Gasteiger partial charge in [0.15, 0.2) is 11.5 Å². The van der Waals surface area contributed by atoms with Crippen LogP contribution in [0.25, 0.3) is 0 Å². The van der Waals surface area contributed by atoms with Gasteiger partial charge in [-0.2, -0.15) is 0 Å². The number of amides is 1. The molecule has 0 aliphatic carbocycles. The van der Waals surface area contributed by atoms with Crippen molar-refractivity contribution < 1.29 is 18.7 Å². The van der Waals surface area contributed by atoms with E-state index in [1.54, 1.807) is 26.4 Å². The molecule has 3 aromatic rings. The molecule has 0 spiro atoms. The molecule has 0 bridgehead atoms. The van der Waals surface area contributed by atoms with Gasteiger partial charge in [-0.25, -0.2) is 4.39 Å². The zero-order valence-corrected chi connectivity index (χ0v) is 19.2. The van der Waals surface area contributed by atoms with E-state index in [-0.39, 0.29) is 17.8 Å². The van der Waals surface area contributed by atoms with Gasteiger partial charge in [0.2, 0.25) is 0 Å². The highest BCUT2D eigenvalue weighted by molar-refractivity contribution is 5.94. The number of benzene rings is 3. The topological polar surface area (TPSA) is 50.8 Å². The first-order chi connectivity index (χ1) is 16.0. The number of methoxy groups -OCH3 is 2. The van der Waals surface area contributed by atoms with Crippen molar-refractivity contribution in [1.29, 1.82) is 0 Å². The maximum absolute atomic E-state index is 14.4. The number of ether oxygens (including phenoxy) is 2. The first-order valence-electron chi connectivity index (χ1n) is 11.1. The lowest BCUT2D eigenvalue weighted by atomic mass is 9.91. The fourth-order valence-electron chi connectivity index (χ4n) is 4.35. The minimum Gasteiger partial charge on any atom is -0.493 e. The minimum absolute atomic E-state index is 0.131. The van der Waals surface area contributed by atoms with Gasteiger partial charge < -0.3 is 14.8 Å². The first-order valence-corrected chi connectivity index (χ1v) is 11.1. The molecule has 0 saturated carbocycles. The molecule has 1 heterocycles. The summed E-state index contributed by atoms with van der Waals surface area (Å²) in [4.78, 5) is 15.0. The van der Waals surface area contributed by atoms with Crippen LogP contribution < -0.4 is 14.8 Å². The lowest BCUT2D eigenvalue weighted by Gasteiger charge is -2.38. The summed E-state index contributed by atoms with van der Waals surface area (Å²) in [5.41, 5.74) is 4.55. The zero-order valence-electron chi connectivity index (χ0n) is 19.2. The number of hydrogen-bond acceptors (Lipinski definition) is 4. The highest BCUT2D eigenvalue weighted by Gasteiger charge is 2.30. The Labute approximate surface area is 194 Å². The Morgan fingerprint density at radius 1 is 1.06 bits per heavy atom. The third-order valence-corrected chi connectivity index (χ3v) is 6.21. The number of nitrogens with zero attached hydrogens (tertiary/aromatic N) is 1. The second-order valence-electron chi connectivity index (χ2n) is 8.31. The van der Waals surface area contributed by atoms with Crippen LogP contribution in [-0.4, -0.2) is 38.1 Å². The molecule has 0 saturated heterocycles. The van der Waals surface area contributed by atoms with Gasteiger partial charge >= 0.3 is 0 Å². The summed E-state index contributed by atoms with van der Waals surface area (Å²) in [6, 6.07) is 18.2. The molecule has 1 N–H and O–H groups in total. The molecule has 1 atom stereocenters. The molecule has 1 aliphatic rings. The molecule has 0 radical (unpaired) electrons. The van der Waals surface area contributed by atoms with E-state index < -0.39 is 0 Å². The van der Waals surface area contributed by atoms with E-state index in [0.29, 0.717) is 35.7 Å². The smallest absolute Gasteiger partial charge is 0.251 e. The average molecular weight is 449 g/mol. The molecule has 33 heavy (non-hydrogen) atoms. The summed E-state index contributed by atoms with van der Waals surface area (Å²) >= 11 is 0. The molecule has 3 aromatic carbocycles. The maximum Gasteiger partial charge on any atom is 0.251 e. The van der Waals surface area contributed by atoms with Crippen molar-refractivity contribution in [3.8, 4) is 11.5 Å². The van der Waals surface area contributed by atoms with Crippen LogP contribution in [-0.2, 0) is 13.0 Å². The van der Waals surface area contributed by atoms with Gasteiger partial charge in [-0.1, -0.05) is 35.9 Å². The van der Waals surface area contributed by atoms with Crippen molar-refractivity contribution in [3.05, 3.63) is 94.3 Å². The number of hydrogen-bond donors (Lipinski definition) is 1. The van der Waals surface area contributed by atoms with Crippen LogP contribution in [0.2, 0.25) is 0 Å². The van der Waals surface area contributed by atoms with Crippen LogP contribution in [0, 0.1) is 12.7 Å². The summed E-state index contributed by atoms with van der Waals surface area (Å²) in [5.74, 6) is 0.964. The van der Waals surface area contributed by atoms with Gasteiger partial charge in [0.1, 0.15) is 5.82 Å². The third kappa shape index (κ3) is 5.01. The van der Waals surface area contributed by atoms with Gasteiger partial charge in [0, 0.05) is 30.8 Å². The second kappa shape index (κ2) is 10.0. The molecule has 172 valence electrons. The number of rotatable bonds is 7. The van der Waals surface area contributed by atoms with E-state index >= 15 is 0 Å². The van der Waals surface area contributed by atoms with Crippen LogP contribution in [0.1, 0.15) is 38.7 Å². The number of carbonyl (C=O) groups excluding carboxylic acids is 1. The number of aryl methyl sites for hydroxylation is 1. The Hall–Kier alpha value is -3.38. The predicted molar refractivity (Wildman–Crippen MR) is 126 cm³/mol. The number of nitrogens with one attached hydrogen (secondary N) is 1. The molecule has 6 heteroatoms. The monoisotopic (exact) mass is 448 g/mol. The molecule has 1 aliphatic heterocycles. The molecular formula is C27H29FN2O3. The Morgan fingerprint density at radius 3 is 2.45 bits per heavy atom. The molecule has 1 unspecified atom stereocenters. The number of fused-ring (bicyclic) bond motifs is 1. The Morgan fingerprint density at radius 2 is 1.76 bits per heavy atom. The van der Waals surface area contributed by atoms with Gasteiger partial charge in [-0.05, 0) is 54.8 Å². The minimum atomic E-state index is -0.224. The summed E-state index contributed by atoms with van der Waals surface area (Å²) in [6.07, 6.45) is 0.798. The van der Waals surface area contributed by atoms with Crippen LogP contribution in [0.3, 0.4) is 0 Å². The van der Waals surface area contributed by atoms with E-state index in [1.807, 2.05) is 49.4 Å². The van der Waals surface area contributed by atoms with E-state index in [0.717, 1.165) is 29.7 Å². The molecular weight excluding hydrogens is 419 g/mol. The number of carbonyl (C=O) groups is 1. The number of halogens is 1. The van der Waals surface area contributed by atoms with E-state index in [1.165, 1.54) is 6.07 Å². The van der Waals surface area contributed by atoms with Crippen molar-refractivity contribution in [2.24, 2.45) is 0 Å². The quantitative estimate of drug-likeness (QED) is 0.570. The second-order valence-corrected chi connectivity index (χ2v) is 8.31. The third-order valence-electron chi connectivity index (χ3n) is 6.21. The van der Waals surface area contributed by atoms with Crippen LogP contribution in [0.4, 0.5) is 4.39 Å². The van der Waals surface area contributed by atoms with E-state index in [4.69, 9.17) is 9.47 Å². The first kappa shape index (κ1) is 22.8. The SMILES string of the molecule is COc1cc2c(cc1OC)C(CNC(=O)c1ccc(C)cc1)N(Cc1ccccc1F)CC2. The van der Waals surface area contributed by atoms with Crippen molar-refractivity contribution >= 4 is 5.91 Å². The van der Waals surface area contributed by atoms with Gasteiger partial charge in [0.05, 0.1) is 20.3 Å². The van der Waals surface area contributed by atoms with Crippen LogP contribution in [0.15, 0.2) is 60.7 Å². The largest absolute Gasteiger partial charge is 0.493 e. The summed E-state index contributed by atoms with van der Waals surface area (Å²) in [7, 11) is 3.23. The van der Waals surface area contributed by atoms with Crippen molar-refractivity contribution in [1.82, 2.24) is 10.2 Å². The van der Waals surface area contributed by atoms with E-state index in [9.17, 15) is 9.18 Å². The normalized spacial score (nSPS) is 15.6. The highest BCUT2D eigenvalue weighted by Crippen LogP contribution is 2.38. The summed E-state index contributed by atoms with van der Waals surface area (Å²) < 4.78 is 25.4. The molecule has 0 aromatic heterocycles. The molecule has 5 nitrogen and oxygen atoms in total. The average Bonchev–Trinajstić information content (AvgIpc) is 2.84. The zero-order chi connectivity index (χ0) is 23.4. The van der Waals surface area contributed by atoms with Crippen molar-refractivity contribution in [2.45, 2.75) is 25.9 Å². The van der Waals surface area contributed by atoms with E-state index in [2.05, 4.69) is 10.2 Å². The van der Waals surface area contributed by atoms with Gasteiger partial charge in [-0.15, -0.1) is 0 Å². The standard InChI is InChI=1S/C27H29FN2O3/c1-18-8-10-19(11-9-18)27(31)29-16-24-22-15-26(33-3)25(32-2)14-20(22)12-13-30(24)17-21-6-4-5-7-23(21)28/h4-11,14-15,24H,12-13,16-17H2,1-3H3,(H,29,31). The fraction of sp³-hybridized carbons (Fsp3) is 0.296. The lowest BCUT2D eigenvalue weighted by molar-refractivity contribution is 0.0925. The van der Waals surface area contributed by atoms with Crippen molar-refractivity contribution in [2.75, 3.05) is 27.3 Å².